The van der Waals surface area contributed by atoms with E-state index in [0.717, 1.165) is 40.4 Å². The zero-order valence-electron chi connectivity index (χ0n) is 17.3. The van der Waals surface area contributed by atoms with Crippen molar-refractivity contribution >= 4 is 53.4 Å². The van der Waals surface area contributed by atoms with E-state index in [9.17, 15) is 13.2 Å². The normalized spacial score (nSPS) is 16.1. The molecule has 1 aliphatic heterocycles. The molecule has 1 fully saturated rings. The van der Waals surface area contributed by atoms with Crippen LogP contribution in [0.2, 0.25) is 0 Å². The van der Waals surface area contributed by atoms with Crippen LogP contribution < -0.4 is 4.80 Å². The molecule has 0 saturated carbocycles. The van der Waals surface area contributed by atoms with Gasteiger partial charge in [-0.15, -0.1) is 6.42 Å². The van der Waals surface area contributed by atoms with Crippen LogP contribution in [0.1, 0.15) is 36.0 Å². The Labute approximate surface area is 199 Å². The van der Waals surface area contributed by atoms with E-state index in [1.807, 2.05) is 22.8 Å². The molecule has 0 bridgehead atoms. The van der Waals surface area contributed by atoms with Crippen molar-refractivity contribution in [3.05, 3.63) is 57.3 Å². The number of halogens is 1. The summed E-state index contributed by atoms with van der Waals surface area (Å²) in [6, 6.07) is 11.8. The number of terminal acetylenes is 1. The van der Waals surface area contributed by atoms with Gasteiger partial charge in [-0.25, -0.2) is 8.42 Å². The van der Waals surface area contributed by atoms with Gasteiger partial charge in [-0.1, -0.05) is 46.0 Å². The minimum atomic E-state index is -3.56. The summed E-state index contributed by atoms with van der Waals surface area (Å²) in [6.45, 7) is 1.37. The number of fused-ring (bicyclic) bond motifs is 1. The number of rotatable bonds is 4. The van der Waals surface area contributed by atoms with Crippen LogP contribution in [0.5, 0.6) is 0 Å². The molecule has 1 amide bonds. The molecule has 0 atom stereocenters. The lowest BCUT2D eigenvalue weighted by Crippen LogP contribution is -2.31. The summed E-state index contributed by atoms with van der Waals surface area (Å²) < 4.78 is 31.1. The van der Waals surface area contributed by atoms with Crippen LogP contribution in [0.15, 0.2) is 56.8 Å². The zero-order valence-corrected chi connectivity index (χ0v) is 20.5. The van der Waals surface area contributed by atoms with Crippen molar-refractivity contribution in [3.63, 3.8) is 0 Å². The summed E-state index contributed by atoms with van der Waals surface area (Å²) in [5.41, 5.74) is 1.23. The summed E-state index contributed by atoms with van der Waals surface area (Å²) in [4.78, 5) is 17.8. The van der Waals surface area contributed by atoms with Crippen molar-refractivity contribution < 1.29 is 13.2 Å². The molecule has 0 N–H and O–H groups in total. The standard InChI is InChI=1S/C23H22BrN3O3S2/c1-2-13-27-20-12-9-18(24)16-21(20)31-23(27)25-22(28)17-7-10-19(11-8-17)32(29,30)26-14-5-3-4-6-15-26/h1,7-12,16H,3-6,13-15H2. The molecular weight excluding hydrogens is 510 g/mol. The Kier molecular flexibility index (Phi) is 6.96. The maximum atomic E-state index is 12.9. The lowest BCUT2D eigenvalue weighted by molar-refractivity contribution is 0.0998. The highest BCUT2D eigenvalue weighted by atomic mass is 79.9. The first-order chi connectivity index (χ1) is 15.4. The number of thiazole rings is 1. The molecule has 4 rings (SSSR count). The molecule has 0 unspecified atom stereocenters. The third-order valence-electron chi connectivity index (χ3n) is 5.40. The van der Waals surface area contributed by atoms with Crippen molar-refractivity contribution in [2.45, 2.75) is 37.1 Å². The van der Waals surface area contributed by atoms with Crippen LogP contribution in [0.4, 0.5) is 0 Å². The van der Waals surface area contributed by atoms with Gasteiger partial charge in [-0.3, -0.25) is 4.79 Å². The summed E-state index contributed by atoms with van der Waals surface area (Å²) in [5.74, 6) is 2.16. The molecular formula is C23H22BrN3O3S2. The van der Waals surface area contributed by atoms with Gasteiger partial charge in [0.25, 0.3) is 5.91 Å². The van der Waals surface area contributed by atoms with E-state index in [1.54, 1.807) is 4.31 Å². The Balaban J connectivity index is 1.64. The third-order valence-corrected chi connectivity index (χ3v) is 8.84. The van der Waals surface area contributed by atoms with Crippen molar-refractivity contribution in [3.8, 4) is 12.3 Å². The maximum Gasteiger partial charge on any atom is 0.279 e. The van der Waals surface area contributed by atoms with E-state index >= 15 is 0 Å². The zero-order chi connectivity index (χ0) is 22.7. The van der Waals surface area contributed by atoms with Crippen LogP contribution in [0.3, 0.4) is 0 Å². The van der Waals surface area contributed by atoms with Gasteiger partial charge in [0.05, 0.1) is 21.7 Å². The first-order valence-corrected chi connectivity index (χ1v) is 13.4. The smallest absolute Gasteiger partial charge is 0.279 e. The molecule has 0 aliphatic carbocycles. The van der Waals surface area contributed by atoms with Crippen LogP contribution >= 0.6 is 27.3 Å². The number of hydrogen-bond acceptors (Lipinski definition) is 4. The summed E-state index contributed by atoms with van der Waals surface area (Å²) >= 11 is 4.83. The summed E-state index contributed by atoms with van der Waals surface area (Å²) in [6.07, 6.45) is 9.37. The second-order valence-electron chi connectivity index (χ2n) is 7.55. The van der Waals surface area contributed by atoms with E-state index in [1.165, 1.54) is 35.6 Å². The minimum absolute atomic E-state index is 0.199. The molecule has 9 heteroatoms. The third kappa shape index (κ3) is 4.74. The Morgan fingerprint density at radius 2 is 1.78 bits per heavy atom. The fourth-order valence-corrected chi connectivity index (χ4v) is 6.83. The Bertz CT molecular complexity index is 1360. The monoisotopic (exact) mass is 531 g/mol. The fourth-order valence-electron chi connectivity index (χ4n) is 3.73. The van der Waals surface area contributed by atoms with Crippen LogP contribution in [0.25, 0.3) is 10.2 Å². The molecule has 1 aromatic heterocycles. The fraction of sp³-hybridized carbons (Fsp3) is 0.304. The second kappa shape index (κ2) is 9.71. The average Bonchev–Trinajstić information content (AvgIpc) is 2.95. The van der Waals surface area contributed by atoms with Gasteiger partial charge >= 0.3 is 0 Å². The number of hydrogen-bond donors (Lipinski definition) is 0. The van der Waals surface area contributed by atoms with Gasteiger partial charge in [-0.05, 0) is 55.3 Å². The van der Waals surface area contributed by atoms with Crippen molar-refractivity contribution in [1.29, 1.82) is 0 Å². The van der Waals surface area contributed by atoms with E-state index in [4.69, 9.17) is 6.42 Å². The number of aromatic nitrogens is 1. The molecule has 166 valence electrons. The maximum absolute atomic E-state index is 12.9. The van der Waals surface area contributed by atoms with Crippen LogP contribution in [0, 0.1) is 12.3 Å². The number of amides is 1. The molecule has 6 nitrogen and oxygen atoms in total. The molecule has 1 aliphatic rings. The predicted molar refractivity (Wildman–Crippen MR) is 130 cm³/mol. The second-order valence-corrected chi connectivity index (χ2v) is 11.4. The van der Waals surface area contributed by atoms with E-state index in [-0.39, 0.29) is 4.90 Å². The van der Waals surface area contributed by atoms with Crippen LogP contribution in [-0.2, 0) is 16.6 Å². The van der Waals surface area contributed by atoms with Crippen LogP contribution in [-0.4, -0.2) is 36.3 Å². The lowest BCUT2D eigenvalue weighted by atomic mass is 10.2. The highest BCUT2D eigenvalue weighted by molar-refractivity contribution is 9.10. The Morgan fingerprint density at radius 1 is 1.09 bits per heavy atom. The number of carbonyl (C=O) groups excluding carboxylic acids is 1. The first kappa shape index (κ1) is 22.9. The number of nitrogens with zero attached hydrogens (tertiary/aromatic N) is 3. The van der Waals surface area contributed by atoms with E-state index < -0.39 is 15.9 Å². The van der Waals surface area contributed by atoms with Gasteiger partial charge < -0.3 is 4.57 Å². The van der Waals surface area contributed by atoms with Crippen molar-refractivity contribution in [2.24, 2.45) is 4.99 Å². The molecule has 0 spiro atoms. The van der Waals surface area contributed by atoms with Gasteiger partial charge in [0, 0.05) is 23.1 Å². The number of carbonyl (C=O) groups is 1. The average molecular weight is 532 g/mol. The summed E-state index contributed by atoms with van der Waals surface area (Å²) in [5, 5.41) is 0. The molecule has 3 aromatic rings. The lowest BCUT2D eigenvalue weighted by Gasteiger charge is -2.19. The quantitative estimate of drug-likeness (QED) is 0.468. The Hall–Kier alpha value is -2.25. The highest BCUT2D eigenvalue weighted by Crippen LogP contribution is 2.23. The predicted octanol–water partition coefficient (Wildman–Crippen LogP) is 4.40. The largest absolute Gasteiger partial charge is 0.305 e. The van der Waals surface area contributed by atoms with E-state index in [0.29, 0.717) is 30.0 Å². The number of sulfonamides is 1. The topological polar surface area (TPSA) is 71.7 Å². The van der Waals surface area contributed by atoms with Gasteiger partial charge in [0.2, 0.25) is 10.0 Å². The Morgan fingerprint density at radius 3 is 2.44 bits per heavy atom. The SMILES string of the molecule is C#CCn1c(=NC(=O)c2ccc(S(=O)(=O)N3CCCCCC3)cc2)sc2cc(Br)ccc21. The molecule has 2 aromatic carbocycles. The highest BCUT2D eigenvalue weighted by Gasteiger charge is 2.25. The molecule has 32 heavy (non-hydrogen) atoms. The van der Waals surface area contributed by atoms with Crippen molar-refractivity contribution in [2.75, 3.05) is 13.1 Å². The first-order valence-electron chi connectivity index (χ1n) is 10.3. The summed E-state index contributed by atoms with van der Waals surface area (Å²) in [7, 11) is -3.56. The molecule has 1 saturated heterocycles. The van der Waals surface area contributed by atoms with E-state index in [2.05, 4.69) is 26.8 Å². The van der Waals surface area contributed by atoms with Gasteiger partial charge in [0.1, 0.15) is 0 Å². The number of benzene rings is 2. The van der Waals surface area contributed by atoms with Gasteiger partial charge in [-0.2, -0.15) is 9.30 Å². The molecule has 0 radical (unpaired) electrons. The minimum Gasteiger partial charge on any atom is -0.305 e. The molecule has 2 heterocycles. The van der Waals surface area contributed by atoms with Gasteiger partial charge in [0.15, 0.2) is 4.80 Å². The van der Waals surface area contributed by atoms with Crippen molar-refractivity contribution in [1.82, 2.24) is 8.87 Å².